The summed E-state index contributed by atoms with van der Waals surface area (Å²) in [6.45, 7) is -0.468. The van der Waals surface area contributed by atoms with Crippen LogP contribution in [0, 0.1) is 17.5 Å². The molecule has 0 bridgehead atoms. The maximum absolute atomic E-state index is 15.4. The lowest BCUT2D eigenvalue weighted by atomic mass is 9.68. The molecule has 1 saturated heterocycles. The van der Waals surface area contributed by atoms with Gasteiger partial charge in [-0.05, 0) is 36.7 Å². The van der Waals surface area contributed by atoms with Gasteiger partial charge in [0.2, 0.25) is 11.8 Å². The fraction of sp³-hybridized carbons (Fsp3) is 0.391. The standard InChI is InChI=1S/C23H22ClF3IN3O4/c1-31-19(20(34)29-6-5-10(33)9-32)17(11-3-2-4-13(24)18(11)27)23(21(31)28)12-7-14(25)15(26)8-16(12)30-22(23)35/h2-4,7-8,10,17,19,21,32-33H,5-6,9H2,1H3,(H,29,34)(H,30,35)/t10-,17-,19+,21-,23+/m0/s1. The topological polar surface area (TPSA) is 102 Å². The fourth-order valence-corrected chi connectivity index (χ4v) is 6.58. The van der Waals surface area contributed by atoms with E-state index < -0.39 is 63.4 Å². The van der Waals surface area contributed by atoms with Crippen LogP contribution in [0.1, 0.15) is 23.5 Å². The van der Waals surface area contributed by atoms with E-state index in [1.165, 1.54) is 18.2 Å². The number of likely N-dealkylation sites (N-methyl/N-ethyl adjacent to an activating group) is 1. The molecule has 2 aromatic carbocycles. The summed E-state index contributed by atoms with van der Waals surface area (Å²) in [6.07, 6.45) is -0.964. The highest BCUT2D eigenvalue weighted by Crippen LogP contribution is 2.59. The molecule has 0 radical (unpaired) electrons. The number of aliphatic hydroxyl groups is 2. The number of nitrogens with one attached hydrogen (secondary N) is 2. The average molecular weight is 624 g/mol. The molecule has 12 heteroatoms. The van der Waals surface area contributed by atoms with Crippen LogP contribution in [0.5, 0.6) is 0 Å². The van der Waals surface area contributed by atoms with Crippen molar-refractivity contribution in [2.45, 2.75) is 33.9 Å². The van der Waals surface area contributed by atoms with E-state index in [-0.39, 0.29) is 34.8 Å². The first-order valence-electron chi connectivity index (χ1n) is 10.7. The zero-order chi connectivity index (χ0) is 25.7. The molecule has 1 spiro atoms. The molecule has 35 heavy (non-hydrogen) atoms. The Hall–Kier alpha value is -1.93. The van der Waals surface area contributed by atoms with Gasteiger partial charge >= 0.3 is 0 Å². The summed E-state index contributed by atoms with van der Waals surface area (Å²) >= 11 is 8.00. The molecule has 4 rings (SSSR count). The number of likely N-dealkylation sites (tertiary alicyclic amines) is 1. The van der Waals surface area contributed by atoms with Gasteiger partial charge in [-0.2, -0.15) is 0 Å². The van der Waals surface area contributed by atoms with Crippen LogP contribution in [0.3, 0.4) is 0 Å². The number of carbonyl (C=O) groups is 2. The van der Waals surface area contributed by atoms with Crippen molar-refractivity contribution in [1.29, 1.82) is 0 Å². The molecule has 7 nitrogen and oxygen atoms in total. The Bertz CT molecular complexity index is 1190. The molecule has 5 atom stereocenters. The van der Waals surface area contributed by atoms with Gasteiger partial charge in [-0.15, -0.1) is 0 Å². The van der Waals surface area contributed by atoms with Crippen molar-refractivity contribution in [1.82, 2.24) is 10.2 Å². The van der Waals surface area contributed by atoms with Crippen molar-refractivity contribution < 1.29 is 33.0 Å². The van der Waals surface area contributed by atoms with Crippen LogP contribution >= 0.6 is 34.2 Å². The number of nitrogens with zero attached hydrogens (tertiary/aromatic N) is 1. The van der Waals surface area contributed by atoms with E-state index in [0.717, 1.165) is 12.1 Å². The molecule has 4 N–H and O–H groups in total. The molecule has 2 heterocycles. The Morgan fingerprint density at radius 1 is 1.31 bits per heavy atom. The number of fused-ring (bicyclic) bond motifs is 2. The van der Waals surface area contributed by atoms with Crippen LogP contribution < -0.4 is 10.6 Å². The molecule has 2 aliphatic heterocycles. The van der Waals surface area contributed by atoms with Crippen molar-refractivity contribution in [3.05, 3.63) is 63.9 Å². The lowest BCUT2D eigenvalue weighted by Crippen LogP contribution is -2.47. The van der Waals surface area contributed by atoms with E-state index in [0.29, 0.717) is 0 Å². The highest BCUT2D eigenvalue weighted by molar-refractivity contribution is 14.1. The minimum atomic E-state index is -1.66. The molecule has 2 amide bonds. The third-order valence-corrected chi connectivity index (χ3v) is 8.83. The predicted octanol–water partition coefficient (Wildman–Crippen LogP) is 2.67. The van der Waals surface area contributed by atoms with Crippen molar-refractivity contribution in [2.75, 3.05) is 25.5 Å². The molecular weight excluding hydrogens is 602 g/mol. The number of hydrogen-bond acceptors (Lipinski definition) is 5. The Kier molecular flexibility index (Phi) is 7.36. The van der Waals surface area contributed by atoms with Gasteiger partial charge in [0.15, 0.2) is 11.6 Å². The van der Waals surface area contributed by atoms with Crippen molar-refractivity contribution in [3.8, 4) is 0 Å². The number of hydrogen-bond donors (Lipinski definition) is 4. The minimum absolute atomic E-state index is 0.0111. The van der Waals surface area contributed by atoms with E-state index in [1.807, 2.05) is 22.6 Å². The van der Waals surface area contributed by atoms with E-state index in [2.05, 4.69) is 10.6 Å². The lowest BCUT2D eigenvalue weighted by molar-refractivity contribution is -0.125. The van der Waals surface area contributed by atoms with Crippen LogP contribution in [0.15, 0.2) is 30.3 Å². The maximum atomic E-state index is 15.4. The highest BCUT2D eigenvalue weighted by Gasteiger charge is 2.68. The first-order chi connectivity index (χ1) is 16.5. The van der Waals surface area contributed by atoms with E-state index in [4.69, 9.17) is 16.7 Å². The van der Waals surface area contributed by atoms with Crippen LogP contribution in [-0.4, -0.2) is 63.3 Å². The van der Waals surface area contributed by atoms with Crippen molar-refractivity contribution in [3.63, 3.8) is 0 Å². The van der Waals surface area contributed by atoms with Gasteiger partial charge in [0.05, 0.1) is 27.8 Å². The zero-order valence-electron chi connectivity index (χ0n) is 18.4. The van der Waals surface area contributed by atoms with Crippen LogP contribution in [0.4, 0.5) is 18.9 Å². The fourth-order valence-electron chi connectivity index (χ4n) is 5.05. The monoisotopic (exact) mass is 623 g/mol. The highest BCUT2D eigenvalue weighted by atomic mass is 127. The van der Waals surface area contributed by atoms with Gasteiger partial charge in [-0.3, -0.25) is 14.5 Å². The number of aliphatic hydroxyl groups excluding tert-OH is 2. The second-order valence-corrected chi connectivity index (χ2v) is 10.2. The molecule has 0 aliphatic carbocycles. The summed E-state index contributed by atoms with van der Waals surface area (Å²) in [5.41, 5.74) is -1.52. The zero-order valence-corrected chi connectivity index (χ0v) is 21.3. The summed E-state index contributed by atoms with van der Waals surface area (Å²) in [4.78, 5) is 28.6. The van der Waals surface area contributed by atoms with Gasteiger partial charge in [0, 0.05) is 24.2 Å². The maximum Gasteiger partial charge on any atom is 0.238 e. The van der Waals surface area contributed by atoms with Gasteiger partial charge in [0.25, 0.3) is 0 Å². The number of halogens is 5. The van der Waals surface area contributed by atoms with Crippen molar-refractivity contribution >= 4 is 51.7 Å². The molecule has 2 aromatic rings. The van der Waals surface area contributed by atoms with Crippen molar-refractivity contribution in [2.24, 2.45) is 0 Å². The summed E-state index contributed by atoms with van der Waals surface area (Å²) in [5.74, 6) is -5.51. The first-order valence-corrected chi connectivity index (χ1v) is 12.4. The molecular formula is C23H22ClF3IN3O4. The second-order valence-electron chi connectivity index (χ2n) is 8.62. The average Bonchev–Trinajstić information content (AvgIpc) is 3.22. The largest absolute Gasteiger partial charge is 0.394 e. The van der Waals surface area contributed by atoms with Crippen LogP contribution in [0.2, 0.25) is 5.02 Å². The normalized spacial score (nSPS) is 26.6. The van der Waals surface area contributed by atoms with E-state index in [9.17, 15) is 23.5 Å². The molecule has 0 saturated carbocycles. The predicted molar refractivity (Wildman–Crippen MR) is 131 cm³/mol. The van der Waals surface area contributed by atoms with E-state index in [1.54, 1.807) is 11.9 Å². The Labute approximate surface area is 217 Å². The SMILES string of the molecule is CN1[C@@H](C(=O)NCC[C@H](O)CO)[C@H](c2cccc(Cl)c2F)[C@@]2(C(=O)Nc3cc(F)c(F)cc32)[C@H]1I. The summed E-state index contributed by atoms with van der Waals surface area (Å²) in [6, 6.07) is 4.90. The molecule has 0 unspecified atom stereocenters. The number of carbonyl (C=O) groups excluding carboxylic acids is 2. The number of anilines is 1. The molecule has 2 aliphatic rings. The van der Waals surface area contributed by atoms with Gasteiger partial charge in [0.1, 0.15) is 11.2 Å². The quantitative estimate of drug-likeness (QED) is 0.225. The number of alkyl halides is 1. The summed E-state index contributed by atoms with van der Waals surface area (Å²) in [5, 5.41) is 23.6. The smallest absolute Gasteiger partial charge is 0.238 e. The van der Waals surface area contributed by atoms with Gasteiger partial charge < -0.3 is 20.8 Å². The molecule has 188 valence electrons. The number of benzene rings is 2. The lowest BCUT2D eigenvalue weighted by Gasteiger charge is -2.33. The van der Waals surface area contributed by atoms with Crippen LogP contribution in [-0.2, 0) is 15.0 Å². The second kappa shape index (κ2) is 9.85. The van der Waals surface area contributed by atoms with E-state index >= 15 is 4.39 Å². The minimum Gasteiger partial charge on any atom is -0.394 e. The van der Waals surface area contributed by atoms with Gasteiger partial charge in [-0.25, -0.2) is 13.2 Å². The number of amides is 2. The third-order valence-electron chi connectivity index (χ3n) is 6.68. The van der Waals surface area contributed by atoms with Gasteiger partial charge in [-0.1, -0.05) is 46.3 Å². The Morgan fingerprint density at radius 2 is 2.00 bits per heavy atom. The number of rotatable bonds is 6. The third kappa shape index (κ3) is 4.10. The Balaban J connectivity index is 1.89. The Morgan fingerprint density at radius 3 is 2.69 bits per heavy atom. The summed E-state index contributed by atoms with van der Waals surface area (Å²) in [7, 11) is 1.58. The summed E-state index contributed by atoms with van der Waals surface area (Å²) < 4.78 is 43.1. The molecule has 1 fully saturated rings. The van der Waals surface area contributed by atoms with Crippen LogP contribution in [0.25, 0.3) is 0 Å². The first kappa shape index (κ1) is 26.1. The molecule has 0 aromatic heterocycles.